The monoisotopic (exact) mass is 275 g/mol. The molecule has 1 aromatic carbocycles. The number of rotatable bonds is 1. The van der Waals surface area contributed by atoms with Gasteiger partial charge in [0.2, 0.25) is 0 Å². The van der Waals surface area contributed by atoms with Crippen LogP contribution in [0.1, 0.15) is 39.2 Å². The zero-order valence-corrected chi connectivity index (χ0v) is 12.4. The first-order chi connectivity index (χ1) is 9.25. The second kappa shape index (κ2) is 4.09. The maximum absolute atomic E-state index is 12.2. The molecule has 2 aliphatic rings. The summed E-state index contributed by atoms with van der Waals surface area (Å²) in [4.78, 5) is 12.2. The molecule has 0 bridgehead atoms. The first-order valence-corrected chi connectivity index (χ1v) is 7.08. The van der Waals surface area contributed by atoms with Crippen molar-refractivity contribution in [3.05, 3.63) is 35.9 Å². The molecule has 0 aromatic heterocycles. The summed E-state index contributed by atoms with van der Waals surface area (Å²) in [5.74, 6) is -0.564. The van der Waals surface area contributed by atoms with E-state index in [0.29, 0.717) is 6.32 Å². The molecule has 3 rings (SSSR count). The Kier molecular flexibility index (Phi) is 2.79. The molecular formula is C15H20BO4-. The molecule has 5 heteroatoms. The average Bonchev–Trinajstić information content (AvgIpc) is 2.73. The Hall–Kier alpha value is -1.33. The van der Waals surface area contributed by atoms with E-state index in [4.69, 9.17) is 14.0 Å². The topological polar surface area (TPSA) is 44.8 Å². The molecule has 2 saturated heterocycles. The summed E-state index contributed by atoms with van der Waals surface area (Å²) < 4.78 is 17.6. The van der Waals surface area contributed by atoms with Crippen molar-refractivity contribution in [3.8, 4) is 0 Å². The van der Waals surface area contributed by atoms with Crippen LogP contribution in [0.4, 0.5) is 0 Å². The molecule has 1 unspecified atom stereocenters. The minimum atomic E-state index is -1.99. The standard InChI is InChI=1S/C15H20BO4/c1-14(2)15(3,4)20-16(19-14)10-12(13(17)18-16)11-8-6-5-7-9-11/h5-9,12H,10H2,1-4H3/q-1. The molecule has 2 fully saturated rings. The maximum atomic E-state index is 12.2. The van der Waals surface area contributed by atoms with Gasteiger partial charge in [-0.3, -0.25) is 4.79 Å². The van der Waals surface area contributed by atoms with Gasteiger partial charge < -0.3 is 14.0 Å². The zero-order chi connectivity index (χ0) is 14.6. The number of benzene rings is 1. The molecule has 1 aromatic rings. The van der Waals surface area contributed by atoms with Gasteiger partial charge in [-0.05, 0) is 33.3 Å². The van der Waals surface area contributed by atoms with Crippen LogP contribution in [0.25, 0.3) is 0 Å². The predicted molar refractivity (Wildman–Crippen MR) is 76.2 cm³/mol. The van der Waals surface area contributed by atoms with Crippen molar-refractivity contribution >= 4 is 12.7 Å². The van der Waals surface area contributed by atoms with Crippen molar-refractivity contribution in [2.45, 2.75) is 51.1 Å². The minimum absolute atomic E-state index is 0.260. The van der Waals surface area contributed by atoms with E-state index in [1.165, 1.54) is 0 Å². The third-order valence-electron chi connectivity index (χ3n) is 4.70. The van der Waals surface area contributed by atoms with Crippen molar-refractivity contribution in [2.75, 3.05) is 0 Å². The molecule has 0 radical (unpaired) electrons. The summed E-state index contributed by atoms with van der Waals surface area (Å²) in [6, 6.07) is 9.65. The van der Waals surface area contributed by atoms with Crippen LogP contribution in [0.5, 0.6) is 0 Å². The lowest BCUT2D eigenvalue weighted by atomic mass is 9.70. The van der Waals surface area contributed by atoms with Crippen LogP contribution in [0.2, 0.25) is 6.32 Å². The van der Waals surface area contributed by atoms with Gasteiger partial charge in [0, 0.05) is 11.2 Å². The van der Waals surface area contributed by atoms with Crippen LogP contribution < -0.4 is 0 Å². The Morgan fingerprint density at radius 2 is 1.60 bits per heavy atom. The summed E-state index contributed by atoms with van der Waals surface area (Å²) in [5, 5.41) is 0. The molecule has 2 heterocycles. The van der Waals surface area contributed by atoms with Gasteiger partial charge in [-0.25, -0.2) is 0 Å². The quantitative estimate of drug-likeness (QED) is 0.739. The first-order valence-electron chi connectivity index (χ1n) is 7.08. The van der Waals surface area contributed by atoms with Gasteiger partial charge >= 0.3 is 6.75 Å². The molecule has 108 valence electrons. The van der Waals surface area contributed by atoms with E-state index < -0.39 is 18.0 Å². The van der Waals surface area contributed by atoms with E-state index >= 15 is 0 Å². The summed E-state index contributed by atoms with van der Waals surface area (Å²) in [5.41, 5.74) is -0.0245. The summed E-state index contributed by atoms with van der Waals surface area (Å²) in [6.45, 7) is 5.87. The molecule has 0 aliphatic carbocycles. The third kappa shape index (κ3) is 1.96. The highest BCUT2D eigenvalue weighted by molar-refractivity contribution is 6.65. The van der Waals surface area contributed by atoms with E-state index in [-0.39, 0.29) is 11.9 Å². The van der Waals surface area contributed by atoms with Gasteiger partial charge in [0.15, 0.2) is 0 Å². The second-order valence-electron chi connectivity index (χ2n) is 6.68. The predicted octanol–water partition coefficient (Wildman–Crippen LogP) is 2.87. The summed E-state index contributed by atoms with van der Waals surface area (Å²) in [7, 11) is 0. The van der Waals surface area contributed by atoms with E-state index in [1.807, 2.05) is 58.0 Å². The molecular weight excluding hydrogens is 255 g/mol. The van der Waals surface area contributed by atoms with Gasteiger partial charge in [0.05, 0.1) is 5.92 Å². The molecule has 4 nitrogen and oxygen atoms in total. The van der Waals surface area contributed by atoms with Crippen molar-refractivity contribution < 1.29 is 18.8 Å². The minimum Gasteiger partial charge on any atom is -0.643 e. The average molecular weight is 275 g/mol. The Balaban J connectivity index is 1.88. The Labute approximate surface area is 119 Å². The van der Waals surface area contributed by atoms with E-state index in [2.05, 4.69) is 0 Å². The van der Waals surface area contributed by atoms with Crippen LogP contribution in [0, 0.1) is 0 Å². The highest BCUT2D eigenvalue weighted by Gasteiger charge is 2.58. The van der Waals surface area contributed by atoms with Gasteiger partial charge in [-0.15, -0.1) is 0 Å². The van der Waals surface area contributed by atoms with Gasteiger partial charge in [-0.2, -0.15) is 0 Å². The smallest absolute Gasteiger partial charge is 0.439 e. The van der Waals surface area contributed by atoms with Crippen LogP contribution in [0.15, 0.2) is 30.3 Å². The fourth-order valence-electron chi connectivity index (χ4n) is 3.00. The van der Waals surface area contributed by atoms with Gasteiger partial charge in [-0.1, -0.05) is 36.7 Å². The van der Waals surface area contributed by atoms with Gasteiger partial charge in [0.1, 0.15) is 0 Å². The number of carbonyl (C=O) groups excluding carboxylic acids is 1. The maximum Gasteiger partial charge on any atom is 0.439 e. The zero-order valence-electron chi connectivity index (χ0n) is 12.4. The normalized spacial score (nSPS) is 29.6. The highest BCUT2D eigenvalue weighted by Crippen LogP contribution is 2.49. The second-order valence-corrected chi connectivity index (χ2v) is 6.68. The van der Waals surface area contributed by atoms with E-state index in [9.17, 15) is 4.79 Å². The Morgan fingerprint density at radius 3 is 2.15 bits per heavy atom. The van der Waals surface area contributed by atoms with Gasteiger partial charge in [0.25, 0.3) is 5.97 Å². The lowest BCUT2D eigenvalue weighted by Gasteiger charge is -2.36. The van der Waals surface area contributed by atoms with Crippen molar-refractivity contribution in [1.82, 2.24) is 0 Å². The van der Waals surface area contributed by atoms with Crippen LogP contribution in [-0.2, 0) is 18.8 Å². The van der Waals surface area contributed by atoms with Crippen LogP contribution in [-0.4, -0.2) is 23.9 Å². The first kappa shape index (κ1) is 13.6. The number of hydrogen-bond acceptors (Lipinski definition) is 4. The molecule has 0 amide bonds. The third-order valence-corrected chi connectivity index (χ3v) is 4.70. The molecule has 20 heavy (non-hydrogen) atoms. The summed E-state index contributed by atoms with van der Waals surface area (Å²) in [6.07, 6.45) is 0.454. The molecule has 0 N–H and O–H groups in total. The summed E-state index contributed by atoms with van der Waals surface area (Å²) >= 11 is 0. The van der Waals surface area contributed by atoms with Crippen LogP contribution in [0.3, 0.4) is 0 Å². The Bertz CT molecular complexity index is 522. The SMILES string of the molecule is CC1(C)O[B-]2(CC(c3ccccc3)C(=O)O2)OC1(C)C. The van der Waals surface area contributed by atoms with Crippen molar-refractivity contribution in [2.24, 2.45) is 0 Å². The molecule has 2 aliphatic heterocycles. The Morgan fingerprint density at radius 1 is 1.05 bits per heavy atom. The lowest BCUT2D eigenvalue weighted by molar-refractivity contribution is -0.136. The number of carbonyl (C=O) groups is 1. The van der Waals surface area contributed by atoms with E-state index in [0.717, 1.165) is 5.56 Å². The molecule has 1 spiro atoms. The molecule has 0 saturated carbocycles. The fourth-order valence-corrected chi connectivity index (χ4v) is 3.00. The molecule has 1 atom stereocenters. The lowest BCUT2D eigenvalue weighted by Crippen LogP contribution is -2.41. The van der Waals surface area contributed by atoms with Crippen molar-refractivity contribution in [1.29, 1.82) is 0 Å². The van der Waals surface area contributed by atoms with Crippen LogP contribution >= 0.6 is 0 Å². The fraction of sp³-hybridized carbons (Fsp3) is 0.533. The highest BCUT2D eigenvalue weighted by atomic mass is 16.8. The largest absolute Gasteiger partial charge is 0.643 e. The number of hydrogen-bond donors (Lipinski definition) is 0. The van der Waals surface area contributed by atoms with E-state index in [1.54, 1.807) is 0 Å². The van der Waals surface area contributed by atoms with Crippen molar-refractivity contribution in [3.63, 3.8) is 0 Å².